The molecule has 0 radical (unpaired) electrons. The van der Waals surface area contributed by atoms with E-state index in [9.17, 15) is 9.90 Å². The molecule has 1 aliphatic heterocycles. The Morgan fingerprint density at radius 1 is 1.31 bits per heavy atom. The number of likely N-dealkylation sites (tertiary alicyclic amines) is 1. The van der Waals surface area contributed by atoms with Crippen molar-refractivity contribution in [2.24, 2.45) is 5.92 Å². The maximum absolute atomic E-state index is 11.5. The van der Waals surface area contributed by atoms with Crippen molar-refractivity contribution in [3.05, 3.63) is 59.9 Å². The molecule has 3 rings (SSSR count). The first-order valence-corrected chi connectivity index (χ1v) is 9.27. The van der Waals surface area contributed by atoms with Gasteiger partial charge in [-0.2, -0.15) is 0 Å². The van der Waals surface area contributed by atoms with E-state index in [1.807, 2.05) is 37.3 Å². The second-order valence-corrected chi connectivity index (χ2v) is 6.72. The minimum atomic E-state index is -0.696. The molecule has 2 aromatic rings. The molecular weight excluding hydrogens is 328 g/mol. The van der Waals surface area contributed by atoms with Crippen molar-refractivity contribution in [1.82, 2.24) is 9.88 Å². The lowest BCUT2D eigenvalue weighted by Crippen LogP contribution is -2.41. The maximum Gasteiger partial charge on any atom is 0.307 e. The first kappa shape index (κ1) is 18.4. The van der Waals surface area contributed by atoms with Gasteiger partial charge in [0.25, 0.3) is 0 Å². The van der Waals surface area contributed by atoms with Crippen LogP contribution in [0.5, 0.6) is 5.75 Å². The van der Waals surface area contributed by atoms with Crippen LogP contribution in [0.1, 0.15) is 37.1 Å². The standard InChI is InChI=1S/C21H26N2O3/c1-2-26-19-10-8-16(9-11-19)20(14-18-7-3-4-12-22-18)23-13-5-6-17(15-23)21(24)25/h3-4,7-12,17,20H,2,5-6,13-15H2,1H3,(H,24,25). The minimum Gasteiger partial charge on any atom is -0.494 e. The number of carboxylic acid groups (broad SMARTS) is 1. The second kappa shape index (κ2) is 8.81. The van der Waals surface area contributed by atoms with Gasteiger partial charge in [0.15, 0.2) is 0 Å². The Morgan fingerprint density at radius 3 is 2.77 bits per heavy atom. The number of carbonyl (C=O) groups is 1. The molecule has 0 saturated carbocycles. The summed E-state index contributed by atoms with van der Waals surface area (Å²) in [6.07, 6.45) is 4.24. The fourth-order valence-corrected chi connectivity index (χ4v) is 3.62. The molecule has 1 N–H and O–H groups in total. The van der Waals surface area contributed by atoms with Crippen LogP contribution >= 0.6 is 0 Å². The Morgan fingerprint density at radius 2 is 2.12 bits per heavy atom. The van der Waals surface area contributed by atoms with Crippen molar-refractivity contribution < 1.29 is 14.6 Å². The quantitative estimate of drug-likeness (QED) is 0.824. The lowest BCUT2D eigenvalue weighted by Gasteiger charge is -2.37. The zero-order valence-corrected chi connectivity index (χ0v) is 15.2. The van der Waals surface area contributed by atoms with Crippen LogP contribution in [0.15, 0.2) is 48.7 Å². The second-order valence-electron chi connectivity index (χ2n) is 6.72. The molecular formula is C21H26N2O3. The monoisotopic (exact) mass is 354 g/mol. The molecule has 2 unspecified atom stereocenters. The van der Waals surface area contributed by atoms with E-state index < -0.39 is 5.97 Å². The molecule has 0 aliphatic carbocycles. The van der Waals surface area contributed by atoms with E-state index in [1.54, 1.807) is 6.20 Å². The lowest BCUT2D eigenvalue weighted by molar-refractivity contribution is -0.144. The van der Waals surface area contributed by atoms with Crippen LogP contribution in [-0.2, 0) is 11.2 Å². The highest BCUT2D eigenvalue weighted by molar-refractivity contribution is 5.70. The molecule has 1 aliphatic rings. The summed E-state index contributed by atoms with van der Waals surface area (Å²) in [6, 6.07) is 14.2. The van der Waals surface area contributed by atoms with E-state index in [4.69, 9.17) is 4.74 Å². The summed E-state index contributed by atoms with van der Waals surface area (Å²) in [5, 5.41) is 9.44. The van der Waals surface area contributed by atoms with Crippen LogP contribution in [-0.4, -0.2) is 40.7 Å². The highest BCUT2D eigenvalue weighted by Gasteiger charge is 2.30. The molecule has 1 aromatic carbocycles. The zero-order chi connectivity index (χ0) is 18.4. The number of rotatable bonds is 7. The van der Waals surface area contributed by atoms with E-state index in [0.29, 0.717) is 13.2 Å². The van der Waals surface area contributed by atoms with Crippen molar-refractivity contribution in [3.8, 4) is 5.75 Å². The van der Waals surface area contributed by atoms with Gasteiger partial charge >= 0.3 is 5.97 Å². The van der Waals surface area contributed by atoms with Crippen LogP contribution in [0.3, 0.4) is 0 Å². The number of benzene rings is 1. The summed E-state index contributed by atoms with van der Waals surface area (Å²) >= 11 is 0. The number of pyridine rings is 1. The number of aromatic nitrogens is 1. The summed E-state index contributed by atoms with van der Waals surface area (Å²) in [4.78, 5) is 18.2. The zero-order valence-electron chi connectivity index (χ0n) is 15.2. The van der Waals surface area contributed by atoms with E-state index >= 15 is 0 Å². The van der Waals surface area contributed by atoms with E-state index in [0.717, 1.165) is 37.3 Å². The van der Waals surface area contributed by atoms with Gasteiger partial charge in [0, 0.05) is 30.9 Å². The number of hydrogen-bond donors (Lipinski definition) is 1. The van der Waals surface area contributed by atoms with Gasteiger partial charge in [-0.15, -0.1) is 0 Å². The third-order valence-electron chi connectivity index (χ3n) is 4.95. The largest absolute Gasteiger partial charge is 0.494 e. The normalized spacial score (nSPS) is 19.0. The van der Waals surface area contributed by atoms with Crippen LogP contribution in [0.2, 0.25) is 0 Å². The predicted octanol–water partition coefficient (Wildman–Crippen LogP) is 3.56. The van der Waals surface area contributed by atoms with Gasteiger partial charge in [-0.3, -0.25) is 14.7 Å². The first-order valence-electron chi connectivity index (χ1n) is 9.27. The van der Waals surface area contributed by atoms with Gasteiger partial charge in [0.1, 0.15) is 5.75 Å². The third-order valence-corrected chi connectivity index (χ3v) is 4.95. The fraction of sp³-hybridized carbons (Fsp3) is 0.429. The van der Waals surface area contributed by atoms with Gasteiger partial charge < -0.3 is 9.84 Å². The molecule has 0 bridgehead atoms. The number of ether oxygens (including phenoxy) is 1. The molecule has 5 heteroatoms. The number of carboxylic acids is 1. The molecule has 0 amide bonds. The van der Waals surface area contributed by atoms with Crippen molar-refractivity contribution in [1.29, 1.82) is 0 Å². The van der Waals surface area contributed by atoms with Crippen molar-refractivity contribution in [2.45, 2.75) is 32.2 Å². The third kappa shape index (κ3) is 4.61. The minimum absolute atomic E-state index is 0.114. The highest BCUT2D eigenvalue weighted by atomic mass is 16.5. The number of piperidine rings is 1. The first-order chi connectivity index (χ1) is 12.7. The van der Waals surface area contributed by atoms with Crippen LogP contribution in [0.25, 0.3) is 0 Å². The van der Waals surface area contributed by atoms with Gasteiger partial charge in [0.05, 0.1) is 12.5 Å². The molecule has 1 aromatic heterocycles. The van der Waals surface area contributed by atoms with E-state index in [1.165, 1.54) is 5.56 Å². The number of aliphatic carboxylic acids is 1. The maximum atomic E-state index is 11.5. The number of nitrogens with zero attached hydrogens (tertiary/aromatic N) is 2. The summed E-state index contributed by atoms with van der Waals surface area (Å²) in [5.41, 5.74) is 2.19. The number of hydrogen-bond acceptors (Lipinski definition) is 4. The van der Waals surface area contributed by atoms with Gasteiger partial charge in [-0.25, -0.2) is 0 Å². The Balaban J connectivity index is 1.84. The topological polar surface area (TPSA) is 62.7 Å². The SMILES string of the molecule is CCOc1ccc(C(Cc2ccccn2)N2CCCC(C(=O)O)C2)cc1. The molecule has 26 heavy (non-hydrogen) atoms. The van der Waals surface area contributed by atoms with Gasteiger partial charge in [-0.1, -0.05) is 18.2 Å². The Hall–Kier alpha value is -2.40. The average Bonchev–Trinajstić information content (AvgIpc) is 2.68. The molecule has 2 atom stereocenters. The molecule has 138 valence electrons. The van der Waals surface area contributed by atoms with Crippen LogP contribution in [0.4, 0.5) is 0 Å². The Kier molecular flexibility index (Phi) is 6.23. The molecule has 0 spiro atoms. The van der Waals surface area contributed by atoms with Crippen molar-refractivity contribution >= 4 is 5.97 Å². The van der Waals surface area contributed by atoms with Crippen LogP contribution < -0.4 is 4.74 Å². The summed E-state index contributed by atoms with van der Waals surface area (Å²) in [6.45, 7) is 4.11. The lowest BCUT2D eigenvalue weighted by atomic mass is 9.93. The molecule has 5 nitrogen and oxygen atoms in total. The molecule has 2 heterocycles. The molecule has 1 fully saturated rings. The average molecular weight is 354 g/mol. The smallest absolute Gasteiger partial charge is 0.307 e. The summed E-state index contributed by atoms with van der Waals surface area (Å²) < 4.78 is 5.55. The van der Waals surface area contributed by atoms with Gasteiger partial charge in [-0.05, 0) is 56.1 Å². The van der Waals surface area contributed by atoms with Crippen molar-refractivity contribution in [3.63, 3.8) is 0 Å². The van der Waals surface area contributed by atoms with Gasteiger partial charge in [0.2, 0.25) is 0 Å². The summed E-state index contributed by atoms with van der Waals surface area (Å²) in [7, 11) is 0. The Labute approximate surface area is 154 Å². The van der Waals surface area contributed by atoms with Crippen LogP contribution in [0, 0.1) is 5.92 Å². The van der Waals surface area contributed by atoms with E-state index in [-0.39, 0.29) is 12.0 Å². The predicted molar refractivity (Wildman–Crippen MR) is 100 cm³/mol. The molecule has 1 saturated heterocycles. The Bertz CT molecular complexity index is 703. The fourth-order valence-electron chi connectivity index (χ4n) is 3.62. The highest BCUT2D eigenvalue weighted by Crippen LogP contribution is 2.30. The van der Waals surface area contributed by atoms with Crippen molar-refractivity contribution in [2.75, 3.05) is 19.7 Å². The van der Waals surface area contributed by atoms with E-state index in [2.05, 4.69) is 22.0 Å². The summed E-state index contributed by atoms with van der Waals surface area (Å²) in [5.74, 6) is -0.134.